The molecule has 20 heteroatoms. The number of alkyl carbamates (subject to hydrolysis) is 1. The van der Waals surface area contributed by atoms with Gasteiger partial charge in [0.2, 0.25) is 27.4 Å². The van der Waals surface area contributed by atoms with Gasteiger partial charge in [0.1, 0.15) is 12.6 Å². The lowest BCUT2D eigenvalue weighted by atomic mass is 9.85. The molecule has 0 aliphatic carbocycles. The Bertz CT molecular complexity index is 1520. The van der Waals surface area contributed by atoms with E-state index in [1.165, 1.54) is 17.9 Å². The zero-order valence-electron chi connectivity index (χ0n) is 23.8. The van der Waals surface area contributed by atoms with Gasteiger partial charge in [0.05, 0.1) is 30.0 Å². The highest BCUT2D eigenvalue weighted by molar-refractivity contribution is 6.67. The van der Waals surface area contributed by atoms with Gasteiger partial charge in [-0.1, -0.05) is 41.4 Å². The van der Waals surface area contributed by atoms with Crippen LogP contribution in [0.4, 0.5) is 18.0 Å². The number of hydrogen-bond donors (Lipinski definition) is 6. The van der Waals surface area contributed by atoms with Gasteiger partial charge in [-0.15, -0.1) is 0 Å². The number of alkyl halides is 6. The van der Waals surface area contributed by atoms with Gasteiger partial charge in [-0.25, -0.2) is 9.79 Å². The van der Waals surface area contributed by atoms with Gasteiger partial charge < -0.3 is 35.8 Å². The molecule has 1 aromatic carbocycles. The third-order valence-electron chi connectivity index (χ3n) is 7.97. The SMILES string of the molecule is C=C1N[C@H]2[C@H](CN3C(=O)CCC3=O)N=C(NC(=O)OCC(Cl)(Cl)Cl)N3C[C@H](NC(=O)c4cc(C)cc(C(F)(F)F)c4)C(O)(O)[C@]23N1. The van der Waals surface area contributed by atoms with Crippen molar-refractivity contribution >= 4 is 64.6 Å². The maximum absolute atomic E-state index is 13.5. The highest BCUT2D eigenvalue weighted by Gasteiger charge is 2.74. The zero-order valence-corrected chi connectivity index (χ0v) is 26.0. The third-order valence-corrected chi connectivity index (χ3v) is 8.29. The van der Waals surface area contributed by atoms with Gasteiger partial charge in [-0.2, -0.15) is 13.2 Å². The molecule has 0 bridgehead atoms. The van der Waals surface area contributed by atoms with E-state index in [1.807, 2.05) is 0 Å². The molecule has 4 amide bonds. The summed E-state index contributed by atoms with van der Waals surface area (Å²) in [6.45, 7) is 3.61. The van der Waals surface area contributed by atoms with Crippen LogP contribution in [0.25, 0.3) is 0 Å². The molecule has 1 spiro atoms. The van der Waals surface area contributed by atoms with Crippen molar-refractivity contribution < 1.29 is 47.3 Å². The fourth-order valence-electron chi connectivity index (χ4n) is 6.04. The van der Waals surface area contributed by atoms with Crippen molar-refractivity contribution in [2.75, 3.05) is 19.7 Å². The number of imide groups is 1. The van der Waals surface area contributed by atoms with E-state index >= 15 is 0 Å². The van der Waals surface area contributed by atoms with Gasteiger partial charge in [0.25, 0.3) is 5.91 Å². The van der Waals surface area contributed by atoms with E-state index in [2.05, 4.69) is 32.8 Å². The molecule has 46 heavy (non-hydrogen) atoms. The number of nitrogens with one attached hydrogen (secondary N) is 4. The zero-order chi connectivity index (χ0) is 34.0. The van der Waals surface area contributed by atoms with Gasteiger partial charge in [-0.05, 0) is 30.7 Å². The molecule has 4 aliphatic heterocycles. The van der Waals surface area contributed by atoms with Gasteiger partial charge in [0.15, 0.2) is 5.66 Å². The van der Waals surface area contributed by atoms with Crippen LogP contribution in [0.15, 0.2) is 35.6 Å². The number of likely N-dealkylation sites (tertiary alicyclic amines) is 1. The van der Waals surface area contributed by atoms with Crippen molar-refractivity contribution in [2.45, 2.75) is 59.3 Å². The van der Waals surface area contributed by atoms with Crippen molar-refractivity contribution in [3.8, 4) is 0 Å². The summed E-state index contributed by atoms with van der Waals surface area (Å²) in [6, 6.07) is -1.31. The fraction of sp³-hybridized carbons (Fsp3) is 0.500. The van der Waals surface area contributed by atoms with Crippen LogP contribution in [0, 0.1) is 6.92 Å². The number of aliphatic hydroxyl groups is 2. The molecule has 6 N–H and O–H groups in total. The lowest BCUT2D eigenvalue weighted by Gasteiger charge is -2.49. The molecule has 4 aliphatic rings. The summed E-state index contributed by atoms with van der Waals surface area (Å²) in [7, 11) is 0. The number of hydrogen-bond acceptors (Lipinski definition) is 11. The number of halogens is 6. The Kier molecular flexibility index (Phi) is 8.55. The Balaban J connectivity index is 1.51. The largest absolute Gasteiger partial charge is 0.445 e. The average molecular weight is 713 g/mol. The van der Waals surface area contributed by atoms with E-state index in [4.69, 9.17) is 39.5 Å². The summed E-state index contributed by atoms with van der Waals surface area (Å²) in [4.78, 5) is 57.5. The van der Waals surface area contributed by atoms with E-state index in [0.29, 0.717) is 6.07 Å². The maximum Gasteiger partial charge on any atom is 0.416 e. The van der Waals surface area contributed by atoms with Crippen LogP contribution in [0.5, 0.6) is 0 Å². The van der Waals surface area contributed by atoms with Crippen LogP contribution in [0.1, 0.15) is 34.3 Å². The van der Waals surface area contributed by atoms with Crippen LogP contribution in [0.2, 0.25) is 0 Å². The molecule has 14 nitrogen and oxygen atoms in total. The first-order chi connectivity index (χ1) is 21.2. The molecule has 0 aromatic heterocycles. The van der Waals surface area contributed by atoms with E-state index < -0.39 is 87.6 Å². The number of guanidine groups is 1. The third kappa shape index (κ3) is 6.13. The van der Waals surface area contributed by atoms with Crippen LogP contribution >= 0.6 is 34.8 Å². The predicted molar refractivity (Wildman–Crippen MR) is 155 cm³/mol. The molecule has 3 saturated heterocycles. The fourth-order valence-corrected chi connectivity index (χ4v) is 6.20. The topological polar surface area (TPSA) is 185 Å². The maximum atomic E-state index is 13.5. The molecule has 4 atom stereocenters. The minimum atomic E-state index is -4.76. The second-order valence-corrected chi connectivity index (χ2v) is 13.7. The second-order valence-electron chi connectivity index (χ2n) is 11.2. The number of rotatable bonds is 5. The van der Waals surface area contributed by atoms with Crippen molar-refractivity contribution in [1.29, 1.82) is 0 Å². The van der Waals surface area contributed by atoms with Crippen molar-refractivity contribution in [1.82, 2.24) is 31.1 Å². The summed E-state index contributed by atoms with van der Waals surface area (Å²) in [5, 5.41) is 34.0. The molecular formula is C26H27Cl3F3N7O7. The number of carbonyl (C=O) groups excluding carboxylic acids is 4. The lowest BCUT2D eigenvalue weighted by molar-refractivity contribution is -0.231. The number of carbonyl (C=O) groups is 4. The summed E-state index contributed by atoms with van der Waals surface area (Å²) in [5.41, 5.74) is -3.46. The normalized spacial score (nSPS) is 27.0. The number of aryl methyl sites for hydroxylation is 1. The number of benzene rings is 1. The smallest absolute Gasteiger partial charge is 0.416 e. The molecule has 5 rings (SSSR count). The first-order valence-corrected chi connectivity index (χ1v) is 14.7. The lowest BCUT2D eigenvalue weighted by Crippen LogP contribution is -2.78. The molecular weight excluding hydrogens is 686 g/mol. The van der Waals surface area contributed by atoms with Crippen LogP contribution in [0.3, 0.4) is 0 Å². The number of nitrogens with zero attached hydrogens (tertiary/aromatic N) is 3. The minimum absolute atomic E-state index is 0.0438. The number of amides is 4. The number of ether oxygens (including phenoxy) is 1. The Morgan fingerprint density at radius 1 is 1.17 bits per heavy atom. The Morgan fingerprint density at radius 3 is 2.43 bits per heavy atom. The molecule has 0 saturated carbocycles. The summed E-state index contributed by atoms with van der Waals surface area (Å²) < 4.78 is 43.3. The molecule has 3 fully saturated rings. The molecule has 1 aromatic rings. The van der Waals surface area contributed by atoms with E-state index in [-0.39, 0.29) is 36.7 Å². The monoisotopic (exact) mass is 711 g/mol. The summed E-state index contributed by atoms with van der Waals surface area (Å²) >= 11 is 17.0. The Hall–Kier alpha value is -3.51. The summed E-state index contributed by atoms with van der Waals surface area (Å²) in [6.07, 6.45) is -6.04. The van der Waals surface area contributed by atoms with Crippen LogP contribution < -0.4 is 21.3 Å². The number of aliphatic imine (C=N–C) groups is 1. The molecule has 0 unspecified atom stereocenters. The van der Waals surface area contributed by atoms with Crippen LogP contribution in [-0.4, -0.2) is 103 Å². The van der Waals surface area contributed by atoms with Crippen molar-refractivity contribution in [2.24, 2.45) is 4.99 Å². The minimum Gasteiger partial charge on any atom is -0.445 e. The van der Waals surface area contributed by atoms with Crippen molar-refractivity contribution in [3.05, 3.63) is 47.3 Å². The second kappa shape index (κ2) is 11.6. The highest BCUT2D eigenvalue weighted by Crippen LogP contribution is 2.45. The summed E-state index contributed by atoms with van der Waals surface area (Å²) in [5.74, 6) is -5.35. The molecule has 4 heterocycles. The van der Waals surface area contributed by atoms with Crippen LogP contribution in [-0.2, 0) is 20.5 Å². The average Bonchev–Trinajstić information content (AvgIpc) is 3.53. The molecule has 250 valence electrons. The van der Waals surface area contributed by atoms with Gasteiger partial charge in [-0.3, -0.25) is 24.6 Å². The molecule has 0 radical (unpaired) electrons. The van der Waals surface area contributed by atoms with E-state index in [0.717, 1.165) is 11.0 Å². The quantitative estimate of drug-likeness (QED) is 0.145. The first-order valence-electron chi connectivity index (χ1n) is 13.6. The highest BCUT2D eigenvalue weighted by atomic mass is 35.6. The van der Waals surface area contributed by atoms with Gasteiger partial charge >= 0.3 is 12.3 Å². The van der Waals surface area contributed by atoms with Crippen molar-refractivity contribution in [3.63, 3.8) is 0 Å². The predicted octanol–water partition coefficient (Wildman–Crippen LogP) is 0.821. The standard InChI is InChI=1S/C26H27Cl3F3N7O7/c1-11-5-13(7-14(6-11)26(30,31)32)20(42)35-16-9-39-21(36-22(43)46-10-23(27,28)29)34-15(8-38-17(40)3-4-18(38)41)19-24(39,25(16,44)45)37-12(2)33-19/h5-7,15-16,19,33,37,44-45H,2-4,8-10H2,1H3,(H,35,42)(H,34,36,43)/t15-,16-,19-,24-/m0/s1. The Morgan fingerprint density at radius 2 is 1.83 bits per heavy atom. The van der Waals surface area contributed by atoms with E-state index in [9.17, 15) is 42.6 Å². The first kappa shape index (κ1) is 33.8. The Labute approximate surface area is 273 Å². The van der Waals surface area contributed by atoms with Gasteiger partial charge in [0, 0.05) is 24.9 Å². The van der Waals surface area contributed by atoms with E-state index in [1.54, 1.807) is 0 Å².